The molecule has 4 fully saturated rings. The van der Waals surface area contributed by atoms with E-state index in [1.807, 2.05) is 6.07 Å². The average molecular weight is 468 g/mol. The molecule has 1 aromatic rings. The minimum absolute atomic E-state index is 0.0393. The van der Waals surface area contributed by atoms with Gasteiger partial charge in [0, 0.05) is 10.9 Å². The maximum absolute atomic E-state index is 13.1. The van der Waals surface area contributed by atoms with E-state index in [2.05, 4.69) is 21.2 Å². The van der Waals surface area contributed by atoms with E-state index < -0.39 is 6.10 Å². The van der Waals surface area contributed by atoms with Gasteiger partial charge in [0.1, 0.15) is 12.7 Å². The highest BCUT2D eigenvalue weighted by Gasteiger charge is 2.59. The zero-order valence-electron chi connectivity index (χ0n) is 17.1. The van der Waals surface area contributed by atoms with Crippen molar-refractivity contribution in [2.75, 3.05) is 27.4 Å². The van der Waals surface area contributed by atoms with E-state index in [1.165, 1.54) is 19.3 Å². The maximum atomic E-state index is 13.1. The Hall–Kier alpha value is -1.47. The maximum Gasteiger partial charge on any atom is 0.226 e. The van der Waals surface area contributed by atoms with E-state index in [1.54, 1.807) is 26.4 Å². The van der Waals surface area contributed by atoms with Gasteiger partial charge in [-0.1, -0.05) is 22.0 Å². The molecule has 4 bridgehead atoms. The van der Waals surface area contributed by atoms with Crippen LogP contribution < -0.4 is 19.5 Å². The Morgan fingerprint density at radius 1 is 1.21 bits per heavy atom. The molecule has 2 N–H and O–H groups in total. The fourth-order valence-electron chi connectivity index (χ4n) is 6.01. The predicted molar refractivity (Wildman–Crippen MR) is 113 cm³/mol. The number of hydrogen-bond donors (Lipinski definition) is 2. The quantitative estimate of drug-likeness (QED) is 0.573. The lowest BCUT2D eigenvalue weighted by atomic mass is 9.49. The number of benzene rings is 1. The van der Waals surface area contributed by atoms with E-state index in [0.717, 1.165) is 19.3 Å². The molecule has 6 nitrogen and oxygen atoms in total. The van der Waals surface area contributed by atoms with E-state index >= 15 is 0 Å². The second-order valence-corrected chi connectivity index (χ2v) is 10.7. The van der Waals surface area contributed by atoms with E-state index in [4.69, 9.17) is 14.2 Å². The lowest BCUT2D eigenvalue weighted by Crippen LogP contribution is -2.58. The van der Waals surface area contributed by atoms with Crippen molar-refractivity contribution < 1.29 is 24.1 Å². The van der Waals surface area contributed by atoms with Gasteiger partial charge >= 0.3 is 0 Å². The smallest absolute Gasteiger partial charge is 0.226 e. The van der Waals surface area contributed by atoms with Crippen molar-refractivity contribution in [1.29, 1.82) is 0 Å². The van der Waals surface area contributed by atoms with E-state index in [-0.39, 0.29) is 28.8 Å². The van der Waals surface area contributed by atoms with E-state index in [0.29, 0.717) is 29.1 Å². The standard InChI is InChI=1S/C22H30BrNO5/c1-27-17-4-3-5-18(28-2)19(17)29-12-16(25)11-24-20(26)21-7-14-6-15(8-21)10-22(23,9-14)13-21/h3-5,14-16,25H,6-13H2,1-2H3,(H,24,26). The van der Waals surface area contributed by atoms with Crippen molar-refractivity contribution in [3.63, 3.8) is 0 Å². The molecule has 3 unspecified atom stereocenters. The van der Waals surface area contributed by atoms with Crippen LogP contribution in [0.3, 0.4) is 0 Å². The fraction of sp³-hybridized carbons (Fsp3) is 0.682. The second-order valence-electron chi connectivity index (χ2n) is 9.06. The third-order valence-electron chi connectivity index (χ3n) is 6.77. The monoisotopic (exact) mass is 467 g/mol. The summed E-state index contributed by atoms with van der Waals surface area (Å²) < 4.78 is 16.5. The molecule has 3 atom stereocenters. The van der Waals surface area contributed by atoms with Gasteiger partial charge in [-0.15, -0.1) is 0 Å². The largest absolute Gasteiger partial charge is 0.493 e. The summed E-state index contributed by atoms with van der Waals surface area (Å²) in [7, 11) is 3.11. The van der Waals surface area contributed by atoms with Crippen molar-refractivity contribution in [1.82, 2.24) is 5.32 Å². The Morgan fingerprint density at radius 3 is 2.38 bits per heavy atom. The second kappa shape index (κ2) is 7.99. The lowest BCUT2D eigenvalue weighted by Gasteiger charge is -2.59. The third-order valence-corrected chi connectivity index (χ3v) is 7.70. The Kier molecular flexibility index (Phi) is 5.73. The number of aliphatic hydroxyl groups excluding tert-OH is 1. The van der Waals surface area contributed by atoms with Gasteiger partial charge in [-0.2, -0.15) is 0 Å². The molecule has 4 aliphatic carbocycles. The molecule has 0 aromatic heterocycles. The average Bonchev–Trinajstić information content (AvgIpc) is 2.68. The zero-order valence-corrected chi connectivity index (χ0v) is 18.7. The molecule has 0 heterocycles. The van der Waals surface area contributed by atoms with Gasteiger partial charge in [0.2, 0.25) is 11.7 Å². The normalized spacial score (nSPS) is 33.2. The number of hydrogen-bond acceptors (Lipinski definition) is 5. The van der Waals surface area contributed by atoms with Gasteiger partial charge in [-0.25, -0.2) is 0 Å². The van der Waals surface area contributed by atoms with Crippen LogP contribution in [-0.4, -0.2) is 48.8 Å². The van der Waals surface area contributed by atoms with Gasteiger partial charge in [-0.05, 0) is 62.5 Å². The summed E-state index contributed by atoms with van der Waals surface area (Å²) in [6.07, 6.45) is 5.69. The number of carbonyl (C=O) groups is 1. The fourth-order valence-corrected chi connectivity index (χ4v) is 7.46. The number of nitrogens with one attached hydrogen (secondary N) is 1. The van der Waals surface area contributed by atoms with Crippen molar-refractivity contribution in [2.24, 2.45) is 17.3 Å². The van der Waals surface area contributed by atoms with Crippen LogP contribution in [0.1, 0.15) is 38.5 Å². The molecule has 4 aliphatic rings. The third kappa shape index (κ3) is 4.08. The molecule has 1 aromatic carbocycles. The summed E-state index contributed by atoms with van der Waals surface area (Å²) in [6, 6.07) is 5.35. The molecular formula is C22H30BrNO5. The predicted octanol–water partition coefficient (Wildman–Crippen LogP) is 3.29. The molecule has 0 spiro atoms. The number of ether oxygens (including phenoxy) is 3. The van der Waals surface area contributed by atoms with Gasteiger partial charge in [0.15, 0.2) is 11.5 Å². The number of para-hydroxylation sites is 1. The first-order chi connectivity index (χ1) is 13.9. The minimum Gasteiger partial charge on any atom is -0.493 e. The molecule has 29 heavy (non-hydrogen) atoms. The number of aliphatic hydroxyl groups is 1. The van der Waals surface area contributed by atoms with Gasteiger partial charge in [0.25, 0.3) is 0 Å². The molecule has 0 radical (unpaired) electrons. The minimum atomic E-state index is -0.819. The molecular weight excluding hydrogens is 438 g/mol. The van der Waals surface area contributed by atoms with Gasteiger partial charge in [-0.3, -0.25) is 4.79 Å². The highest BCUT2D eigenvalue weighted by Crippen LogP contribution is 2.64. The Labute approximate surface area is 180 Å². The molecule has 0 saturated heterocycles. The van der Waals surface area contributed by atoms with Crippen LogP contribution in [0.15, 0.2) is 18.2 Å². The number of halogens is 1. The van der Waals surface area contributed by atoms with Crippen LogP contribution in [0.4, 0.5) is 0 Å². The van der Waals surface area contributed by atoms with Gasteiger partial charge in [0.05, 0.1) is 19.6 Å². The number of methoxy groups -OCH3 is 2. The molecule has 4 saturated carbocycles. The van der Waals surface area contributed by atoms with Crippen LogP contribution in [0.5, 0.6) is 17.2 Å². The summed E-state index contributed by atoms with van der Waals surface area (Å²) in [6.45, 7) is 0.209. The first kappa shape index (κ1) is 20.8. The zero-order chi connectivity index (χ0) is 20.6. The molecule has 1 amide bonds. The SMILES string of the molecule is COc1cccc(OC)c1OCC(O)CNC(=O)C12CC3CC(CC(Br)(C3)C1)C2. The van der Waals surface area contributed by atoms with Crippen LogP contribution in [0.2, 0.25) is 0 Å². The van der Waals surface area contributed by atoms with Crippen LogP contribution >= 0.6 is 15.9 Å². The van der Waals surface area contributed by atoms with E-state index in [9.17, 15) is 9.90 Å². The number of carbonyl (C=O) groups excluding carboxylic acids is 1. The number of rotatable bonds is 8. The van der Waals surface area contributed by atoms with Gasteiger partial charge < -0.3 is 24.6 Å². The highest BCUT2D eigenvalue weighted by molar-refractivity contribution is 9.10. The van der Waals surface area contributed by atoms with Crippen molar-refractivity contribution in [2.45, 2.75) is 49.0 Å². The Bertz CT molecular complexity index is 733. The summed E-state index contributed by atoms with van der Waals surface area (Å²) in [4.78, 5) is 13.1. The highest BCUT2D eigenvalue weighted by atomic mass is 79.9. The first-order valence-corrected chi connectivity index (χ1v) is 11.1. The molecule has 7 heteroatoms. The van der Waals surface area contributed by atoms with Crippen molar-refractivity contribution >= 4 is 21.8 Å². The molecule has 160 valence electrons. The van der Waals surface area contributed by atoms with Crippen LogP contribution in [0, 0.1) is 17.3 Å². The summed E-state index contributed by atoms with van der Waals surface area (Å²) in [5.41, 5.74) is -0.278. The molecule has 0 aliphatic heterocycles. The summed E-state index contributed by atoms with van der Waals surface area (Å²) in [5, 5.41) is 13.4. The summed E-state index contributed by atoms with van der Waals surface area (Å²) >= 11 is 3.95. The lowest BCUT2D eigenvalue weighted by molar-refractivity contribution is -0.144. The van der Waals surface area contributed by atoms with Crippen molar-refractivity contribution in [3.05, 3.63) is 18.2 Å². The first-order valence-electron chi connectivity index (χ1n) is 10.4. The van der Waals surface area contributed by atoms with Crippen molar-refractivity contribution in [3.8, 4) is 17.2 Å². The van der Waals surface area contributed by atoms with Crippen LogP contribution in [0.25, 0.3) is 0 Å². The number of amides is 1. The topological polar surface area (TPSA) is 77.0 Å². The van der Waals surface area contributed by atoms with Crippen LogP contribution in [-0.2, 0) is 4.79 Å². The Morgan fingerprint density at radius 2 is 1.83 bits per heavy atom. The summed E-state index contributed by atoms with van der Waals surface area (Å²) in [5.74, 6) is 2.91. The Balaban J connectivity index is 1.33. The molecule has 5 rings (SSSR count). The number of alkyl halides is 1.